The molecule has 0 bridgehead atoms. The van der Waals surface area contributed by atoms with Crippen molar-refractivity contribution in [3.63, 3.8) is 0 Å². The highest BCUT2D eigenvalue weighted by Gasteiger charge is 2.40. The van der Waals surface area contributed by atoms with E-state index in [9.17, 15) is 4.79 Å². The minimum Gasteiger partial charge on any atom is -0.381 e. The van der Waals surface area contributed by atoms with E-state index >= 15 is 0 Å². The molecule has 1 atom stereocenters. The van der Waals surface area contributed by atoms with Crippen LogP contribution < -0.4 is 5.32 Å². The van der Waals surface area contributed by atoms with Crippen LogP contribution in [0.3, 0.4) is 0 Å². The number of piperidine rings is 1. The summed E-state index contributed by atoms with van der Waals surface area (Å²) in [5, 5.41) is 3.01. The molecule has 2 aliphatic rings. The Hall–Kier alpha value is -1.43. The van der Waals surface area contributed by atoms with Gasteiger partial charge in [-0.1, -0.05) is 19.1 Å². The van der Waals surface area contributed by atoms with Crippen LogP contribution in [0.15, 0.2) is 24.3 Å². The second kappa shape index (κ2) is 8.30. The molecule has 0 aromatic heterocycles. The molecule has 2 aliphatic heterocycles. The molecular weight excluding hydrogens is 316 g/mol. The molecule has 1 N–H and O–H groups in total. The Balaban J connectivity index is 1.57. The van der Waals surface area contributed by atoms with E-state index in [1.165, 1.54) is 31.5 Å². The van der Waals surface area contributed by atoms with Crippen molar-refractivity contribution in [1.82, 2.24) is 4.90 Å². The molecule has 0 radical (unpaired) electrons. The van der Waals surface area contributed by atoms with E-state index < -0.39 is 5.60 Å². The Morgan fingerprint density at radius 3 is 2.68 bits per heavy atom. The Kier molecular flexibility index (Phi) is 6.10. The van der Waals surface area contributed by atoms with E-state index in [1.807, 2.05) is 12.1 Å². The maximum atomic E-state index is 12.7. The number of rotatable bonds is 5. The van der Waals surface area contributed by atoms with Crippen LogP contribution in [0, 0.1) is 5.92 Å². The first-order valence-electron chi connectivity index (χ1n) is 9.37. The van der Waals surface area contributed by atoms with Crippen LogP contribution in [0.4, 0.5) is 5.69 Å². The molecule has 2 saturated heterocycles. The largest absolute Gasteiger partial charge is 0.381 e. The zero-order valence-electron chi connectivity index (χ0n) is 15.4. The van der Waals surface area contributed by atoms with E-state index in [1.54, 1.807) is 7.11 Å². The van der Waals surface area contributed by atoms with Crippen LogP contribution in [0.25, 0.3) is 0 Å². The molecule has 0 aliphatic carbocycles. The predicted molar refractivity (Wildman–Crippen MR) is 98.5 cm³/mol. The lowest BCUT2D eigenvalue weighted by Crippen LogP contribution is -2.48. The van der Waals surface area contributed by atoms with Gasteiger partial charge in [-0.25, -0.2) is 0 Å². The number of carbonyl (C=O) groups excluding carboxylic acids is 1. The highest BCUT2D eigenvalue weighted by Crippen LogP contribution is 2.26. The molecule has 3 rings (SSSR count). The van der Waals surface area contributed by atoms with Gasteiger partial charge in [0, 0.05) is 51.9 Å². The van der Waals surface area contributed by atoms with Gasteiger partial charge in [-0.15, -0.1) is 0 Å². The van der Waals surface area contributed by atoms with Crippen molar-refractivity contribution in [3.8, 4) is 0 Å². The van der Waals surface area contributed by atoms with Gasteiger partial charge in [-0.2, -0.15) is 0 Å². The van der Waals surface area contributed by atoms with Gasteiger partial charge in [0.2, 0.25) is 0 Å². The fraction of sp³-hybridized carbons (Fsp3) is 0.650. The number of nitrogens with one attached hydrogen (secondary N) is 1. The minimum absolute atomic E-state index is 0.0732. The van der Waals surface area contributed by atoms with Crippen LogP contribution in [-0.4, -0.2) is 49.8 Å². The highest BCUT2D eigenvalue weighted by molar-refractivity contribution is 5.97. The summed E-state index contributed by atoms with van der Waals surface area (Å²) in [5.41, 5.74) is 1.35. The van der Waals surface area contributed by atoms with E-state index in [0.29, 0.717) is 26.1 Å². The third kappa shape index (κ3) is 4.60. The number of ether oxygens (including phenoxy) is 2. The van der Waals surface area contributed by atoms with Crippen LogP contribution in [0.1, 0.15) is 38.2 Å². The van der Waals surface area contributed by atoms with Crippen molar-refractivity contribution < 1.29 is 14.3 Å². The van der Waals surface area contributed by atoms with Gasteiger partial charge in [-0.3, -0.25) is 9.69 Å². The van der Waals surface area contributed by atoms with Gasteiger partial charge in [-0.05, 0) is 43.0 Å². The molecule has 1 amide bonds. The third-order valence-electron chi connectivity index (χ3n) is 5.46. The average Bonchev–Trinajstić information content (AvgIpc) is 2.64. The molecule has 0 spiro atoms. The van der Waals surface area contributed by atoms with E-state index in [4.69, 9.17) is 9.47 Å². The molecule has 2 heterocycles. The SMILES string of the molecule is COC1(C(=O)Nc2ccc(CN3CCC[C@@H](C)C3)cc2)CCOCC1. The summed E-state index contributed by atoms with van der Waals surface area (Å²) < 4.78 is 10.9. The van der Waals surface area contributed by atoms with Gasteiger partial charge in [0.1, 0.15) is 0 Å². The highest BCUT2D eigenvalue weighted by atomic mass is 16.5. The van der Waals surface area contributed by atoms with Crippen molar-refractivity contribution >= 4 is 11.6 Å². The summed E-state index contributed by atoms with van der Waals surface area (Å²) in [4.78, 5) is 15.2. The van der Waals surface area contributed by atoms with Crippen LogP contribution in [0.5, 0.6) is 0 Å². The van der Waals surface area contributed by atoms with Crippen molar-refractivity contribution in [2.45, 2.75) is 44.8 Å². The fourth-order valence-electron chi connectivity index (χ4n) is 3.85. The summed E-state index contributed by atoms with van der Waals surface area (Å²) in [6.45, 7) is 6.80. The predicted octanol–water partition coefficient (Wildman–Crippen LogP) is 3.05. The number of amides is 1. The molecule has 5 heteroatoms. The van der Waals surface area contributed by atoms with Gasteiger partial charge in [0.15, 0.2) is 5.60 Å². The number of anilines is 1. The Bertz CT molecular complexity index is 567. The number of hydrogen-bond acceptors (Lipinski definition) is 4. The van der Waals surface area contributed by atoms with Crippen molar-refractivity contribution in [1.29, 1.82) is 0 Å². The molecule has 5 nitrogen and oxygen atoms in total. The summed E-state index contributed by atoms with van der Waals surface area (Å²) in [6, 6.07) is 8.20. The topological polar surface area (TPSA) is 50.8 Å². The molecule has 25 heavy (non-hydrogen) atoms. The number of carbonyl (C=O) groups is 1. The van der Waals surface area contributed by atoms with Gasteiger partial charge >= 0.3 is 0 Å². The Morgan fingerprint density at radius 1 is 1.32 bits per heavy atom. The lowest BCUT2D eigenvalue weighted by Gasteiger charge is -2.34. The molecular formula is C20H30N2O3. The summed E-state index contributed by atoms with van der Waals surface area (Å²) in [7, 11) is 1.60. The number of hydrogen-bond donors (Lipinski definition) is 1. The number of methoxy groups -OCH3 is 1. The van der Waals surface area contributed by atoms with Crippen molar-refractivity contribution in [2.75, 3.05) is 38.7 Å². The first-order valence-corrected chi connectivity index (χ1v) is 9.37. The second-order valence-corrected chi connectivity index (χ2v) is 7.44. The number of benzene rings is 1. The van der Waals surface area contributed by atoms with Crippen LogP contribution >= 0.6 is 0 Å². The quantitative estimate of drug-likeness (QED) is 0.890. The lowest BCUT2D eigenvalue weighted by atomic mass is 9.93. The third-order valence-corrected chi connectivity index (χ3v) is 5.46. The maximum absolute atomic E-state index is 12.7. The maximum Gasteiger partial charge on any atom is 0.256 e. The Labute approximate surface area is 150 Å². The van der Waals surface area contributed by atoms with Gasteiger partial charge in [0.25, 0.3) is 5.91 Å². The molecule has 1 aromatic carbocycles. The van der Waals surface area contributed by atoms with Gasteiger partial charge < -0.3 is 14.8 Å². The van der Waals surface area contributed by atoms with Crippen LogP contribution in [0.2, 0.25) is 0 Å². The first kappa shape index (κ1) is 18.4. The standard InChI is InChI=1S/C20H30N2O3/c1-16-4-3-11-22(14-16)15-17-5-7-18(8-6-17)21-19(23)20(24-2)9-12-25-13-10-20/h5-8,16H,3-4,9-15H2,1-2H3,(H,21,23)/t16-/m1/s1. The fourth-order valence-corrected chi connectivity index (χ4v) is 3.85. The smallest absolute Gasteiger partial charge is 0.256 e. The molecule has 138 valence electrons. The Morgan fingerprint density at radius 2 is 2.04 bits per heavy atom. The monoisotopic (exact) mass is 346 g/mol. The minimum atomic E-state index is -0.763. The number of nitrogens with zero attached hydrogens (tertiary/aromatic N) is 1. The van der Waals surface area contributed by atoms with E-state index in [-0.39, 0.29) is 5.91 Å². The van der Waals surface area contributed by atoms with Crippen molar-refractivity contribution in [3.05, 3.63) is 29.8 Å². The van der Waals surface area contributed by atoms with Gasteiger partial charge in [0.05, 0.1) is 0 Å². The van der Waals surface area contributed by atoms with Crippen LogP contribution in [-0.2, 0) is 20.8 Å². The molecule has 2 fully saturated rings. The van der Waals surface area contributed by atoms with E-state index in [2.05, 4.69) is 29.3 Å². The first-order chi connectivity index (χ1) is 12.1. The molecule has 0 unspecified atom stereocenters. The number of likely N-dealkylation sites (tertiary alicyclic amines) is 1. The second-order valence-electron chi connectivity index (χ2n) is 7.44. The summed E-state index contributed by atoms with van der Waals surface area (Å²) in [6.07, 6.45) is 3.83. The summed E-state index contributed by atoms with van der Waals surface area (Å²) >= 11 is 0. The zero-order chi connectivity index (χ0) is 17.7. The average molecular weight is 346 g/mol. The van der Waals surface area contributed by atoms with Crippen molar-refractivity contribution in [2.24, 2.45) is 5.92 Å². The lowest BCUT2D eigenvalue weighted by molar-refractivity contribution is -0.149. The molecule has 1 aromatic rings. The molecule has 0 saturated carbocycles. The summed E-state index contributed by atoms with van der Waals surface area (Å²) in [5.74, 6) is 0.716. The normalized spacial score (nSPS) is 24.0. The zero-order valence-corrected chi connectivity index (χ0v) is 15.4. The van der Waals surface area contributed by atoms with E-state index in [0.717, 1.165) is 18.2 Å².